The highest BCUT2D eigenvalue weighted by molar-refractivity contribution is 5.84. The second kappa shape index (κ2) is 9.75. The highest BCUT2D eigenvalue weighted by Gasteiger charge is 2.21. The van der Waals surface area contributed by atoms with E-state index in [9.17, 15) is 4.79 Å². The lowest BCUT2D eigenvalue weighted by atomic mass is 10.1. The molecule has 1 atom stereocenters. The van der Waals surface area contributed by atoms with Crippen LogP contribution in [0.3, 0.4) is 0 Å². The molecule has 2 aromatic rings. The fourth-order valence-corrected chi connectivity index (χ4v) is 3.55. The lowest BCUT2D eigenvalue weighted by Gasteiger charge is -2.33. The van der Waals surface area contributed by atoms with Gasteiger partial charge in [-0.3, -0.25) is 4.90 Å². The van der Waals surface area contributed by atoms with E-state index in [0.717, 1.165) is 48.3 Å². The minimum absolute atomic E-state index is 0.0499. The molecule has 0 aliphatic carbocycles. The molecular formula is C22H31N3O3. The minimum atomic E-state index is -0.167. The molecule has 2 aromatic carbocycles. The van der Waals surface area contributed by atoms with Gasteiger partial charge in [0.05, 0.1) is 19.8 Å². The Kier molecular flexibility index (Phi) is 7.12. The zero-order valence-electron chi connectivity index (χ0n) is 17.0. The van der Waals surface area contributed by atoms with Crippen molar-refractivity contribution in [3.05, 3.63) is 42.0 Å². The molecule has 2 amide bonds. The third kappa shape index (κ3) is 5.84. The molecule has 0 saturated carbocycles. The van der Waals surface area contributed by atoms with Crippen molar-refractivity contribution in [3.8, 4) is 5.75 Å². The average molecular weight is 386 g/mol. The second-order valence-electron chi connectivity index (χ2n) is 7.76. The molecule has 1 saturated heterocycles. The molecular weight excluding hydrogens is 354 g/mol. The van der Waals surface area contributed by atoms with Gasteiger partial charge in [-0.1, -0.05) is 32.0 Å². The minimum Gasteiger partial charge on any atom is -0.497 e. The van der Waals surface area contributed by atoms with Gasteiger partial charge >= 0.3 is 6.03 Å². The Morgan fingerprint density at radius 1 is 1.21 bits per heavy atom. The monoisotopic (exact) mass is 385 g/mol. The summed E-state index contributed by atoms with van der Waals surface area (Å²) in [6.45, 7) is 9.08. The molecule has 0 aromatic heterocycles. The number of carbonyl (C=O) groups excluding carboxylic acids is 1. The maximum atomic E-state index is 12.2. The molecule has 2 N–H and O–H groups in total. The number of methoxy groups -OCH3 is 1. The van der Waals surface area contributed by atoms with Crippen LogP contribution in [0.1, 0.15) is 19.4 Å². The maximum Gasteiger partial charge on any atom is 0.315 e. The van der Waals surface area contributed by atoms with Gasteiger partial charge in [0.15, 0.2) is 0 Å². The number of carbonyl (C=O) groups is 1. The average Bonchev–Trinajstić information content (AvgIpc) is 2.70. The predicted octanol–water partition coefficient (Wildman–Crippen LogP) is 3.00. The molecule has 0 spiro atoms. The van der Waals surface area contributed by atoms with Gasteiger partial charge in [-0.15, -0.1) is 0 Å². The number of hydrogen-bond donors (Lipinski definition) is 2. The number of nitrogens with one attached hydrogen (secondary N) is 2. The topological polar surface area (TPSA) is 62.8 Å². The van der Waals surface area contributed by atoms with Gasteiger partial charge in [0, 0.05) is 32.7 Å². The first-order chi connectivity index (χ1) is 13.5. The summed E-state index contributed by atoms with van der Waals surface area (Å²) < 4.78 is 11.0. The van der Waals surface area contributed by atoms with Gasteiger partial charge < -0.3 is 20.1 Å². The van der Waals surface area contributed by atoms with Crippen molar-refractivity contribution < 1.29 is 14.3 Å². The number of hydrogen-bond acceptors (Lipinski definition) is 4. The number of amides is 2. The van der Waals surface area contributed by atoms with Crippen molar-refractivity contribution in [2.45, 2.75) is 26.5 Å². The lowest BCUT2D eigenvalue weighted by molar-refractivity contribution is -0.0290. The van der Waals surface area contributed by atoms with Crippen molar-refractivity contribution in [1.29, 1.82) is 0 Å². The van der Waals surface area contributed by atoms with Gasteiger partial charge in [0.25, 0.3) is 0 Å². The summed E-state index contributed by atoms with van der Waals surface area (Å²) in [5.41, 5.74) is 1.06. The highest BCUT2D eigenvalue weighted by atomic mass is 16.5. The molecule has 6 heteroatoms. The Labute approximate surface area is 167 Å². The molecule has 0 radical (unpaired) electrons. The van der Waals surface area contributed by atoms with E-state index in [2.05, 4.69) is 35.4 Å². The van der Waals surface area contributed by atoms with Crippen LogP contribution in [0.2, 0.25) is 0 Å². The Morgan fingerprint density at radius 3 is 2.79 bits per heavy atom. The van der Waals surface area contributed by atoms with Gasteiger partial charge in [0.2, 0.25) is 0 Å². The molecule has 6 nitrogen and oxygen atoms in total. The maximum absolute atomic E-state index is 12.2. The van der Waals surface area contributed by atoms with Crippen LogP contribution in [0.25, 0.3) is 10.8 Å². The summed E-state index contributed by atoms with van der Waals surface area (Å²) in [5.74, 6) is 1.48. The molecule has 1 heterocycles. The number of nitrogens with zero attached hydrogens (tertiary/aromatic N) is 1. The third-order valence-electron chi connectivity index (χ3n) is 4.90. The summed E-state index contributed by atoms with van der Waals surface area (Å²) in [4.78, 5) is 14.6. The van der Waals surface area contributed by atoms with E-state index in [-0.39, 0.29) is 12.1 Å². The Morgan fingerprint density at radius 2 is 2.00 bits per heavy atom. The number of fused-ring (bicyclic) bond motifs is 1. The molecule has 1 aliphatic heterocycles. The molecule has 152 valence electrons. The van der Waals surface area contributed by atoms with Gasteiger partial charge in [-0.25, -0.2) is 4.79 Å². The van der Waals surface area contributed by atoms with Gasteiger partial charge in [0.1, 0.15) is 5.75 Å². The number of ether oxygens (including phenoxy) is 2. The van der Waals surface area contributed by atoms with E-state index in [0.29, 0.717) is 19.0 Å². The van der Waals surface area contributed by atoms with E-state index in [4.69, 9.17) is 9.47 Å². The highest BCUT2D eigenvalue weighted by Crippen LogP contribution is 2.21. The summed E-state index contributed by atoms with van der Waals surface area (Å²) in [7, 11) is 1.66. The first kappa shape index (κ1) is 20.4. The largest absolute Gasteiger partial charge is 0.497 e. The standard InChI is InChI=1S/C22H31N3O3/c1-16(2)14-25-8-9-28-21(15-25)13-24-22(26)23-12-17-4-5-19-11-20(27-3)7-6-18(19)10-17/h4-7,10-11,16,21H,8-9,12-15H2,1-3H3,(H2,23,24,26). The fraction of sp³-hybridized carbons (Fsp3) is 0.500. The molecule has 3 rings (SSSR count). The van der Waals surface area contributed by atoms with Crippen LogP contribution < -0.4 is 15.4 Å². The van der Waals surface area contributed by atoms with Crippen LogP contribution >= 0.6 is 0 Å². The van der Waals surface area contributed by atoms with Crippen LogP contribution in [-0.4, -0.2) is 56.9 Å². The summed E-state index contributed by atoms with van der Waals surface area (Å²) >= 11 is 0. The summed E-state index contributed by atoms with van der Waals surface area (Å²) in [6, 6.07) is 12.0. The zero-order valence-corrected chi connectivity index (χ0v) is 17.0. The van der Waals surface area contributed by atoms with E-state index < -0.39 is 0 Å². The van der Waals surface area contributed by atoms with E-state index in [1.165, 1.54) is 0 Å². The summed E-state index contributed by atoms with van der Waals surface area (Å²) in [5, 5.41) is 8.10. The summed E-state index contributed by atoms with van der Waals surface area (Å²) in [6.07, 6.45) is 0.0499. The second-order valence-corrected chi connectivity index (χ2v) is 7.76. The van der Waals surface area contributed by atoms with Gasteiger partial charge in [-0.2, -0.15) is 0 Å². The molecule has 1 fully saturated rings. The molecule has 1 aliphatic rings. The number of urea groups is 1. The van der Waals surface area contributed by atoms with Crippen LogP contribution in [0, 0.1) is 5.92 Å². The Balaban J connectivity index is 1.44. The lowest BCUT2D eigenvalue weighted by Crippen LogP contribution is -2.49. The first-order valence-corrected chi connectivity index (χ1v) is 9.96. The predicted molar refractivity (Wildman–Crippen MR) is 112 cm³/mol. The van der Waals surface area contributed by atoms with E-state index in [1.807, 2.05) is 30.3 Å². The normalized spacial score (nSPS) is 17.6. The van der Waals surface area contributed by atoms with Crippen LogP contribution in [-0.2, 0) is 11.3 Å². The first-order valence-electron chi connectivity index (χ1n) is 9.96. The van der Waals surface area contributed by atoms with Crippen molar-refractivity contribution in [2.75, 3.05) is 39.9 Å². The third-order valence-corrected chi connectivity index (χ3v) is 4.90. The molecule has 0 bridgehead atoms. The number of rotatable bonds is 7. The molecule has 1 unspecified atom stereocenters. The van der Waals surface area contributed by atoms with E-state index >= 15 is 0 Å². The fourth-order valence-electron chi connectivity index (χ4n) is 3.55. The van der Waals surface area contributed by atoms with Crippen LogP contribution in [0.15, 0.2) is 36.4 Å². The van der Waals surface area contributed by atoms with Crippen molar-refractivity contribution >= 4 is 16.8 Å². The van der Waals surface area contributed by atoms with E-state index in [1.54, 1.807) is 7.11 Å². The molecule has 28 heavy (non-hydrogen) atoms. The Hall–Kier alpha value is -2.31. The van der Waals surface area contributed by atoms with Crippen molar-refractivity contribution in [1.82, 2.24) is 15.5 Å². The Bertz CT molecular complexity index is 794. The number of benzene rings is 2. The zero-order chi connectivity index (χ0) is 19.9. The van der Waals surface area contributed by atoms with Crippen molar-refractivity contribution in [3.63, 3.8) is 0 Å². The van der Waals surface area contributed by atoms with Crippen LogP contribution in [0.5, 0.6) is 5.75 Å². The smallest absolute Gasteiger partial charge is 0.315 e. The van der Waals surface area contributed by atoms with Crippen molar-refractivity contribution in [2.24, 2.45) is 5.92 Å². The quantitative estimate of drug-likeness (QED) is 0.769. The van der Waals surface area contributed by atoms with Crippen LogP contribution in [0.4, 0.5) is 4.79 Å². The van der Waals surface area contributed by atoms with Gasteiger partial charge in [-0.05, 0) is 40.5 Å². The SMILES string of the molecule is COc1ccc2cc(CNC(=O)NCC3CN(CC(C)C)CCO3)ccc2c1. The number of morpholine rings is 1.